The van der Waals surface area contributed by atoms with Gasteiger partial charge in [-0.1, -0.05) is 12.1 Å². The van der Waals surface area contributed by atoms with Crippen LogP contribution in [0, 0.1) is 0 Å². The molecule has 0 aliphatic heterocycles. The number of ketones is 2. The fourth-order valence-corrected chi connectivity index (χ4v) is 8.36. The van der Waals surface area contributed by atoms with Crippen LogP contribution >= 0.6 is 0 Å². The maximum Gasteiger partial charge on any atom is 0.302 e. The van der Waals surface area contributed by atoms with E-state index in [0.717, 1.165) is 0 Å². The van der Waals surface area contributed by atoms with Crippen molar-refractivity contribution in [1.82, 2.24) is 0 Å². The molecule has 0 amide bonds. The molecule has 0 aromatic heterocycles. The van der Waals surface area contributed by atoms with E-state index in [1.165, 1.54) is 64.1 Å². The van der Waals surface area contributed by atoms with Crippen molar-refractivity contribution in [2.75, 3.05) is 0 Å². The van der Waals surface area contributed by atoms with Crippen LogP contribution in [0.3, 0.4) is 0 Å². The lowest BCUT2D eigenvalue weighted by molar-refractivity contribution is -0.151. The molecule has 6 N–H and O–H groups in total. The molecule has 6 atom stereocenters. The molecule has 0 heterocycles. The monoisotopic (exact) mass is 686 g/mol. The predicted molar refractivity (Wildman–Crippen MR) is 181 cm³/mol. The van der Waals surface area contributed by atoms with E-state index in [1.54, 1.807) is 13.8 Å². The standard InChI is InChI=1S/C38H38O12/c1-15(49-17(3)39)31-23-11-19-7-9-21(33(43)27(19)35(45)29(23)25(41)13-37(31,5)47)22-10-8-20-12-24-30(36(46)28(20)34(22)44)26(42)14-38(6,48)32(24)16(2)50-18(4)40/h7-12,15-16,31-32,43-48H,13-14H2,1-6H3. The fraction of sp³-hybridized carbons (Fsp3) is 0.368. The molecule has 0 bridgehead atoms. The van der Waals surface area contributed by atoms with Crippen LogP contribution in [0.4, 0.5) is 0 Å². The maximum atomic E-state index is 13.3. The number of aromatic hydroxyl groups is 4. The first-order valence-electron chi connectivity index (χ1n) is 16.2. The van der Waals surface area contributed by atoms with Gasteiger partial charge in [-0.3, -0.25) is 19.2 Å². The van der Waals surface area contributed by atoms with Gasteiger partial charge in [0.1, 0.15) is 35.2 Å². The molecule has 0 saturated carbocycles. The Morgan fingerprint density at radius 3 is 1.32 bits per heavy atom. The molecular weight excluding hydrogens is 648 g/mol. The van der Waals surface area contributed by atoms with Crippen molar-refractivity contribution in [2.45, 2.75) is 89.6 Å². The number of phenols is 4. The van der Waals surface area contributed by atoms with Crippen LogP contribution in [-0.2, 0) is 19.1 Å². The minimum absolute atomic E-state index is 0.0278. The number of carbonyl (C=O) groups is 4. The summed E-state index contributed by atoms with van der Waals surface area (Å²) in [6, 6.07) is 9.08. The largest absolute Gasteiger partial charge is 0.507 e. The lowest BCUT2D eigenvalue weighted by atomic mass is 9.69. The summed E-state index contributed by atoms with van der Waals surface area (Å²) in [5.41, 5.74) is -2.97. The van der Waals surface area contributed by atoms with E-state index < -0.39 is 81.7 Å². The first-order valence-corrected chi connectivity index (χ1v) is 16.2. The van der Waals surface area contributed by atoms with Gasteiger partial charge < -0.3 is 40.1 Å². The zero-order valence-electron chi connectivity index (χ0n) is 28.3. The topological polar surface area (TPSA) is 208 Å². The molecule has 12 heteroatoms. The molecule has 6 unspecified atom stereocenters. The number of ether oxygens (including phenoxy) is 2. The number of esters is 2. The summed E-state index contributed by atoms with van der Waals surface area (Å²) >= 11 is 0. The van der Waals surface area contributed by atoms with Crippen LogP contribution < -0.4 is 0 Å². The van der Waals surface area contributed by atoms with E-state index in [4.69, 9.17) is 9.47 Å². The Morgan fingerprint density at radius 1 is 0.660 bits per heavy atom. The van der Waals surface area contributed by atoms with Gasteiger partial charge in [-0.25, -0.2) is 0 Å². The van der Waals surface area contributed by atoms with Gasteiger partial charge in [-0.05, 0) is 73.9 Å². The molecule has 0 saturated heterocycles. The van der Waals surface area contributed by atoms with Crippen molar-refractivity contribution >= 4 is 45.0 Å². The normalized spacial score (nSPS) is 24.4. The molecule has 0 spiro atoms. The molecule has 0 radical (unpaired) electrons. The average molecular weight is 687 g/mol. The lowest BCUT2D eigenvalue weighted by Crippen LogP contribution is -2.46. The van der Waals surface area contributed by atoms with Crippen molar-refractivity contribution in [3.05, 3.63) is 58.7 Å². The third-order valence-corrected chi connectivity index (χ3v) is 10.1. The Morgan fingerprint density at radius 2 is 1.00 bits per heavy atom. The molecule has 4 aromatic carbocycles. The van der Waals surface area contributed by atoms with Gasteiger partial charge >= 0.3 is 11.9 Å². The number of aliphatic hydroxyl groups is 2. The van der Waals surface area contributed by atoms with E-state index >= 15 is 0 Å². The van der Waals surface area contributed by atoms with Crippen LogP contribution in [0.25, 0.3) is 32.7 Å². The highest BCUT2D eigenvalue weighted by atomic mass is 16.5. The van der Waals surface area contributed by atoms with Crippen molar-refractivity contribution < 1.29 is 59.3 Å². The average Bonchev–Trinajstić information content (AvgIpc) is 2.95. The molecule has 4 aromatic rings. The minimum atomic E-state index is -1.62. The van der Waals surface area contributed by atoms with Crippen LogP contribution in [0.15, 0.2) is 36.4 Å². The Balaban J connectivity index is 1.54. The van der Waals surface area contributed by atoms with Gasteiger partial charge in [0.15, 0.2) is 11.6 Å². The molecule has 6 rings (SSSR count). The summed E-state index contributed by atoms with van der Waals surface area (Å²) in [6.45, 7) is 8.50. The number of benzene rings is 4. The van der Waals surface area contributed by atoms with Crippen molar-refractivity contribution in [3.8, 4) is 34.1 Å². The fourth-order valence-electron chi connectivity index (χ4n) is 8.36. The second-order valence-electron chi connectivity index (χ2n) is 14.0. The summed E-state index contributed by atoms with van der Waals surface area (Å²) in [5.74, 6) is -6.24. The van der Waals surface area contributed by atoms with Crippen LogP contribution in [0.1, 0.15) is 98.1 Å². The van der Waals surface area contributed by atoms with Crippen LogP contribution in [0.5, 0.6) is 23.0 Å². The van der Waals surface area contributed by atoms with Gasteiger partial charge in [0, 0.05) is 37.8 Å². The third kappa shape index (κ3) is 5.30. The summed E-state index contributed by atoms with van der Waals surface area (Å²) in [4.78, 5) is 50.2. The second-order valence-corrected chi connectivity index (χ2v) is 14.0. The minimum Gasteiger partial charge on any atom is -0.507 e. The molecule has 2 aliphatic carbocycles. The number of carbonyl (C=O) groups excluding carboxylic acids is 4. The van der Waals surface area contributed by atoms with Crippen molar-refractivity contribution in [2.24, 2.45) is 0 Å². The number of phenolic OH excluding ortho intramolecular Hbond substituents is 4. The van der Waals surface area contributed by atoms with Gasteiger partial charge in [0.05, 0.1) is 44.9 Å². The molecule has 262 valence electrons. The van der Waals surface area contributed by atoms with Gasteiger partial charge in [0.25, 0.3) is 0 Å². The Kier molecular flexibility index (Phi) is 8.11. The van der Waals surface area contributed by atoms with Crippen molar-refractivity contribution in [3.63, 3.8) is 0 Å². The number of hydrogen-bond acceptors (Lipinski definition) is 12. The highest BCUT2D eigenvalue weighted by Gasteiger charge is 2.49. The summed E-state index contributed by atoms with van der Waals surface area (Å²) in [5, 5.41) is 69.1. The van der Waals surface area contributed by atoms with Gasteiger partial charge in [-0.15, -0.1) is 0 Å². The van der Waals surface area contributed by atoms with Gasteiger partial charge in [-0.2, -0.15) is 0 Å². The highest BCUT2D eigenvalue weighted by Crippen LogP contribution is 2.54. The zero-order chi connectivity index (χ0) is 36.8. The Hall–Kier alpha value is -5.20. The van der Waals surface area contributed by atoms with Crippen LogP contribution in [-0.4, -0.2) is 77.6 Å². The van der Waals surface area contributed by atoms with E-state index in [-0.39, 0.29) is 67.8 Å². The number of Topliss-reactive ketones (excluding diaryl/α,β-unsaturated/α-hetero) is 2. The first kappa shape index (κ1) is 34.7. The molecular formula is C38H38O12. The number of hydrogen-bond donors (Lipinski definition) is 6. The highest BCUT2D eigenvalue weighted by molar-refractivity contribution is 6.13. The van der Waals surface area contributed by atoms with Gasteiger partial charge in [0.2, 0.25) is 0 Å². The number of fused-ring (bicyclic) bond motifs is 4. The Labute approximate surface area is 286 Å². The number of rotatable bonds is 5. The summed E-state index contributed by atoms with van der Waals surface area (Å²) in [7, 11) is 0. The SMILES string of the molecule is CC(=O)OC(C)C1c2cc3ccc(-c4ccc5cc6c(c(O)c5c4O)C(=O)CC(C)(O)C6C(C)OC(C)=O)c(O)c3c(O)c2C(=O)CC1(C)O. The first-order chi connectivity index (χ1) is 23.3. The summed E-state index contributed by atoms with van der Waals surface area (Å²) in [6.07, 6.45) is -2.52. The second kappa shape index (κ2) is 11.7. The lowest BCUT2D eigenvalue weighted by Gasteiger charge is -2.41. The summed E-state index contributed by atoms with van der Waals surface area (Å²) < 4.78 is 10.7. The smallest absolute Gasteiger partial charge is 0.302 e. The van der Waals surface area contributed by atoms with E-state index in [0.29, 0.717) is 0 Å². The molecule has 2 aliphatic rings. The molecule has 50 heavy (non-hydrogen) atoms. The van der Waals surface area contributed by atoms with Crippen LogP contribution in [0.2, 0.25) is 0 Å². The predicted octanol–water partition coefficient (Wildman–Crippen LogP) is 5.23. The molecule has 12 nitrogen and oxygen atoms in total. The van der Waals surface area contributed by atoms with E-state index in [9.17, 15) is 49.8 Å². The molecule has 0 fully saturated rings. The maximum absolute atomic E-state index is 13.3. The van der Waals surface area contributed by atoms with Crippen molar-refractivity contribution in [1.29, 1.82) is 0 Å². The Bertz CT molecular complexity index is 2010. The van der Waals surface area contributed by atoms with E-state index in [1.807, 2.05) is 0 Å². The quantitative estimate of drug-likeness (QED) is 0.149. The van der Waals surface area contributed by atoms with E-state index in [2.05, 4.69) is 0 Å². The zero-order valence-corrected chi connectivity index (χ0v) is 28.3. The third-order valence-electron chi connectivity index (χ3n) is 10.1.